The number of nitrogens with one attached hydrogen (secondary N) is 1. The highest BCUT2D eigenvalue weighted by Crippen LogP contribution is 2.26. The van der Waals surface area contributed by atoms with Crippen LogP contribution in [0.2, 0.25) is 5.02 Å². The molecule has 1 aliphatic rings. The number of aryl methyl sites for hydroxylation is 1. The van der Waals surface area contributed by atoms with Gasteiger partial charge in [0.1, 0.15) is 5.82 Å². The van der Waals surface area contributed by atoms with Crippen molar-refractivity contribution in [2.45, 2.75) is 26.2 Å². The fourth-order valence-electron chi connectivity index (χ4n) is 2.94. The number of benzene rings is 1. The number of carbonyl (C=O) groups excluding carboxylic acids is 2. The van der Waals surface area contributed by atoms with E-state index in [0.29, 0.717) is 17.4 Å². The average Bonchev–Trinajstić information content (AvgIpc) is 3.00. The molecule has 0 spiro atoms. The Morgan fingerprint density at radius 3 is 2.68 bits per heavy atom. The molecule has 2 heterocycles. The predicted octanol–water partition coefficient (Wildman–Crippen LogP) is 3.68. The van der Waals surface area contributed by atoms with Gasteiger partial charge < -0.3 is 10.2 Å². The predicted molar refractivity (Wildman–Crippen MR) is 98.8 cm³/mol. The Bertz CT molecular complexity index is 759. The van der Waals surface area contributed by atoms with Crippen molar-refractivity contribution in [3.63, 3.8) is 0 Å². The van der Waals surface area contributed by atoms with E-state index in [9.17, 15) is 9.59 Å². The van der Waals surface area contributed by atoms with E-state index in [-0.39, 0.29) is 24.2 Å². The first-order valence-corrected chi connectivity index (χ1v) is 8.76. The van der Waals surface area contributed by atoms with Gasteiger partial charge in [0.25, 0.3) is 0 Å². The van der Waals surface area contributed by atoms with Crippen molar-refractivity contribution < 1.29 is 9.59 Å². The second kappa shape index (κ2) is 7.66. The largest absolute Gasteiger partial charge is 0.312 e. The Balaban J connectivity index is 1.65. The molecule has 3 rings (SSSR count). The number of hydrogen-bond donors (Lipinski definition) is 1. The van der Waals surface area contributed by atoms with Crippen LogP contribution in [0.15, 0.2) is 42.6 Å². The Hall–Kier alpha value is -2.40. The third-order valence-electron chi connectivity index (χ3n) is 4.26. The van der Waals surface area contributed by atoms with Crippen LogP contribution in [-0.4, -0.2) is 23.3 Å². The van der Waals surface area contributed by atoms with Crippen LogP contribution in [-0.2, 0) is 16.0 Å². The second-order valence-electron chi connectivity index (χ2n) is 6.17. The van der Waals surface area contributed by atoms with Gasteiger partial charge in [-0.1, -0.05) is 37.1 Å². The second-order valence-corrected chi connectivity index (χ2v) is 6.61. The van der Waals surface area contributed by atoms with Crippen LogP contribution < -0.4 is 10.2 Å². The molecule has 2 amide bonds. The number of nitrogens with zero attached hydrogens (tertiary/aromatic N) is 2. The summed E-state index contributed by atoms with van der Waals surface area (Å²) in [5, 5.41) is 3.25. The summed E-state index contributed by atoms with van der Waals surface area (Å²) >= 11 is 5.79. The number of anilines is 2. The van der Waals surface area contributed by atoms with Crippen LogP contribution in [0.5, 0.6) is 0 Å². The first kappa shape index (κ1) is 17.4. The summed E-state index contributed by atoms with van der Waals surface area (Å²) in [5.74, 6) is -0.190. The molecule has 1 aromatic heterocycles. The van der Waals surface area contributed by atoms with Crippen molar-refractivity contribution in [2.75, 3.05) is 16.8 Å². The molecule has 1 aromatic carbocycles. The molecule has 0 radical (unpaired) electrons. The highest BCUT2D eigenvalue weighted by Gasteiger charge is 2.35. The Labute approximate surface area is 152 Å². The Kier molecular flexibility index (Phi) is 5.34. The zero-order valence-corrected chi connectivity index (χ0v) is 14.8. The zero-order valence-electron chi connectivity index (χ0n) is 14.0. The van der Waals surface area contributed by atoms with E-state index in [1.165, 1.54) is 11.8 Å². The van der Waals surface area contributed by atoms with Crippen LogP contribution in [0.3, 0.4) is 0 Å². The van der Waals surface area contributed by atoms with E-state index in [2.05, 4.69) is 17.2 Å². The van der Waals surface area contributed by atoms with E-state index in [0.717, 1.165) is 18.5 Å². The van der Waals surface area contributed by atoms with E-state index in [1.807, 2.05) is 24.3 Å². The van der Waals surface area contributed by atoms with Crippen molar-refractivity contribution in [1.29, 1.82) is 0 Å². The number of hydrogen-bond acceptors (Lipinski definition) is 3. The van der Waals surface area contributed by atoms with E-state index in [1.54, 1.807) is 17.0 Å². The normalized spacial score (nSPS) is 17.0. The Morgan fingerprint density at radius 1 is 1.28 bits per heavy atom. The van der Waals surface area contributed by atoms with Crippen LogP contribution in [0.4, 0.5) is 11.5 Å². The van der Waals surface area contributed by atoms with Crippen molar-refractivity contribution in [3.8, 4) is 0 Å². The lowest BCUT2D eigenvalue weighted by Gasteiger charge is -2.17. The van der Waals surface area contributed by atoms with E-state index < -0.39 is 0 Å². The summed E-state index contributed by atoms with van der Waals surface area (Å²) < 4.78 is 0. The molecule has 1 N–H and O–H groups in total. The van der Waals surface area contributed by atoms with Gasteiger partial charge in [-0.2, -0.15) is 0 Å². The SMILES string of the molecule is CCCc1ccc(N2CC(C(=O)Nc3ccc(Cl)cn3)CC2=O)cc1. The van der Waals surface area contributed by atoms with Gasteiger partial charge in [0.05, 0.1) is 10.9 Å². The first-order chi connectivity index (χ1) is 12.1. The van der Waals surface area contributed by atoms with E-state index >= 15 is 0 Å². The lowest BCUT2D eigenvalue weighted by atomic mass is 10.1. The third-order valence-corrected chi connectivity index (χ3v) is 4.48. The van der Waals surface area contributed by atoms with Gasteiger partial charge in [-0.15, -0.1) is 0 Å². The monoisotopic (exact) mass is 357 g/mol. The minimum absolute atomic E-state index is 0.0348. The minimum atomic E-state index is -0.389. The molecule has 130 valence electrons. The van der Waals surface area contributed by atoms with Crippen molar-refractivity contribution >= 4 is 34.9 Å². The molecule has 1 fully saturated rings. The number of aromatic nitrogens is 1. The highest BCUT2D eigenvalue weighted by atomic mass is 35.5. The summed E-state index contributed by atoms with van der Waals surface area (Å²) in [6, 6.07) is 11.3. The molecule has 25 heavy (non-hydrogen) atoms. The molecular weight excluding hydrogens is 338 g/mol. The quantitative estimate of drug-likeness (QED) is 0.887. The van der Waals surface area contributed by atoms with Crippen LogP contribution in [0.25, 0.3) is 0 Å². The number of halogens is 1. The molecular formula is C19H20ClN3O2. The van der Waals surface area contributed by atoms with Gasteiger partial charge in [-0.25, -0.2) is 4.98 Å². The molecule has 5 nitrogen and oxygen atoms in total. The van der Waals surface area contributed by atoms with Gasteiger partial charge >= 0.3 is 0 Å². The average molecular weight is 358 g/mol. The molecule has 0 saturated carbocycles. The maximum atomic E-state index is 12.4. The number of carbonyl (C=O) groups is 2. The number of amides is 2. The highest BCUT2D eigenvalue weighted by molar-refractivity contribution is 6.30. The van der Waals surface area contributed by atoms with Crippen molar-refractivity contribution in [1.82, 2.24) is 4.98 Å². The molecule has 1 atom stereocenters. The number of pyridine rings is 1. The lowest BCUT2D eigenvalue weighted by Crippen LogP contribution is -2.28. The zero-order chi connectivity index (χ0) is 17.8. The summed E-state index contributed by atoms with van der Waals surface area (Å²) in [6.45, 7) is 2.52. The molecule has 0 bridgehead atoms. The topological polar surface area (TPSA) is 62.3 Å². The van der Waals surface area contributed by atoms with Gasteiger partial charge in [0, 0.05) is 24.8 Å². The molecule has 1 aliphatic heterocycles. The summed E-state index contributed by atoms with van der Waals surface area (Å²) in [6.07, 6.45) is 3.79. The van der Waals surface area contributed by atoms with Gasteiger partial charge in [0.2, 0.25) is 11.8 Å². The molecule has 1 saturated heterocycles. The molecule has 0 aliphatic carbocycles. The van der Waals surface area contributed by atoms with Gasteiger partial charge in [-0.3, -0.25) is 9.59 Å². The van der Waals surface area contributed by atoms with Crippen molar-refractivity contribution in [2.24, 2.45) is 5.92 Å². The minimum Gasteiger partial charge on any atom is -0.312 e. The van der Waals surface area contributed by atoms with Gasteiger partial charge in [-0.05, 0) is 36.2 Å². The Morgan fingerprint density at radius 2 is 2.04 bits per heavy atom. The first-order valence-electron chi connectivity index (χ1n) is 8.38. The summed E-state index contributed by atoms with van der Waals surface area (Å²) in [5.41, 5.74) is 2.09. The number of rotatable bonds is 5. The fourth-order valence-corrected chi connectivity index (χ4v) is 3.05. The smallest absolute Gasteiger partial charge is 0.230 e. The third kappa shape index (κ3) is 4.17. The maximum Gasteiger partial charge on any atom is 0.230 e. The van der Waals surface area contributed by atoms with Crippen LogP contribution in [0.1, 0.15) is 25.3 Å². The fraction of sp³-hybridized carbons (Fsp3) is 0.316. The van der Waals surface area contributed by atoms with Crippen LogP contribution >= 0.6 is 11.6 Å². The lowest BCUT2D eigenvalue weighted by molar-refractivity contribution is -0.122. The van der Waals surface area contributed by atoms with Gasteiger partial charge in [0.15, 0.2) is 0 Å². The standard InChI is InChI=1S/C19H20ClN3O2/c1-2-3-13-4-7-16(8-5-13)23-12-14(10-18(23)24)19(25)22-17-9-6-15(20)11-21-17/h4-9,11,14H,2-3,10,12H2,1H3,(H,21,22,25). The van der Waals surface area contributed by atoms with Crippen LogP contribution in [0, 0.1) is 5.92 Å². The molecule has 2 aromatic rings. The van der Waals surface area contributed by atoms with E-state index in [4.69, 9.17) is 11.6 Å². The molecule has 1 unspecified atom stereocenters. The van der Waals surface area contributed by atoms with Crippen molar-refractivity contribution in [3.05, 3.63) is 53.2 Å². The maximum absolute atomic E-state index is 12.4. The molecule has 6 heteroatoms. The summed E-state index contributed by atoms with van der Waals surface area (Å²) in [4.78, 5) is 30.4. The summed E-state index contributed by atoms with van der Waals surface area (Å²) in [7, 11) is 0.